The number of nitrogens with zero attached hydrogens (tertiary/aromatic N) is 1. The van der Waals surface area contributed by atoms with Gasteiger partial charge in [-0.1, -0.05) is 110 Å². The Morgan fingerprint density at radius 3 is 2.58 bits per heavy atom. The van der Waals surface area contributed by atoms with Crippen molar-refractivity contribution in [1.82, 2.24) is 4.57 Å². The molecule has 1 heterocycles. The Kier molecular flexibility index (Phi) is 6.12. The van der Waals surface area contributed by atoms with Crippen molar-refractivity contribution in [3.8, 4) is 5.69 Å². The largest absolute Gasteiger partial charge is 0.312 e. The molecule has 3 aliphatic rings. The van der Waals surface area contributed by atoms with Gasteiger partial charge in [-0.2, -0.15) is 0 Å². The van der Waals surface area contributed by atoms with E-state index in [9.17, 15) is 0 Å². The van der Waals surface area contributed by atoms with Crippen molar-refractivity contribution < 1.29 is 0 Å². The lowest BCUT2D eigenvalue weighted by Gasteiger charge is -2.35. The van der Waals surface area contributed by atoms with Crippen molar-refractivity contribution in [2.75, 3.05) is 0 Å². The molecule has 1 atom stereocenters. The van der Waals surface area contributed by atoms with Crippen molar-refractivity contribution in [3.05, 3.63) is 148 Å². The third-order valence-electron chi connectivity index (χ3n) is 9.34. The fourth-order valence-corrected chi connectivity index (χ4v) is 7.72. The van der Waals surface area contributed by atoms with Crippen molar-refractivity contribution >= 4 is 22.6 Å². The first-order chi connectivity index (χ1) is 19.7. The predicted molar refractivity (Wildman–Crippen MR) is 171 cm³/mol. The highest BCUT2D eigenvalue weighted by Gasteiger charge is 2.45. The number of hydrogen-bond donors (Lipinski definition) is 0. The third-order valence-corrected chi connectivity index (χ3v) is 9.34. The molecule has 1 aromatic heterocycles. The van der Waals surface area contributed by atoms with Crippen LogP contribution in [0.3, 0.4) is 0 Å². The summed E-state index contributed by atoms with van der Waals surface area (Å²) in [5.41, 5.74) is 15.3. The molecule has 1 heteroatoms. The van der Waals surface area contributed by atoms with Gasteiger partial charge in [-0.05, 0) is 91.0 Å². The van der Waals surface area contributed by atoms with Gasteiger partial charge in [-0.15, -0.1) is 0 Å². The quantitative estimate of drug-likeness (QED) is 0.254. The highest BCUT2D eigenvalue weighted by Crippen LogP contribution is 2.56. The van der Waals surface area contributed by atoms with Crippen LogP contribution in [0.15, 0.2) is 109 Å². The summed E-state index contributed by atoms with van der Waals surface area (Å²) in [6.07, 6.45) is 23.7. The summed E-state index contributed by atoms with van der Waals surface area (Å²) in [6, 6.07) is 23.0. The molecule has 0 radical (unpaired) electrons. The second kappa shape index (κ2) is 9.82. The van der Waals surface area contributed by atoms with E-state index >= 15 is 0 Å². The molecule has 1 unspecified atom stereocenters. The van der Waals surface area contributed by atoms with Gasteiger partial charge in [-0.3, -0.25) is 0 Å². The molecule has 0 amide bonds. The van der Waals surface area contributed by atoms with Gasteiger partial charge in [0.2, 0.25) is 0 Å². The summed E-state index contributed by atoms with van der Waals surface area (Å²) in [5, 5.41) is 1.38. The molecule has 40 heavy (non-hydrogen) atoms. The second-order valence-electron chi connectivity index (χ2n) is 11.4. The van der Waals surface area contributed by atoms with Gasteiger partial charge < -0.3 is 4.57 Å². The van der Waals surface area contributed by atoms with Crippen LogP contribution in [0.25, 0.3) is 28.2 Å². The second-order valence-corrected chi connectivity index (χ2v) is 11.4. The molecule has 0 bridgehead atoms. The minimum atomic E-state index is -0.225. The Labute approximate surface area is 238 Å². The predicted octanol–water partition coefficient (Wildman–Crippen LogP) is 10.00. The molecule has 0 aliphatic heterocycles. The standard InChI is InChI=1S/C39H37N/c1-4-16-33-28(5-2)29-18-10-12-21-34(29)39(33)26-15-7-6-8-20-32-35(39)25-24-31-30-19-11-14-23-37(30)40(38(31)32)36-22-13-9-17-27(36)3/h4,6-13,15-19,21-22,24-25H,5,14,20,23,26H2,1-3H3/b8-6-,15-7-,16-4-. The lowest BCUT2D eigenvalue weighted by Crippen LogP contribution is -2.29. The first-order valence-corrected chi connectivity index (χ1v) is 14.9. The SMILES string of the molecule is C/C=C\C1=C(CC)c2ccccc2C12C/C=C\C=C/Cc1c2ccc2c3c(n(-c4ccccc4C)c12)CCC=C3. The maximum atomic E-state index is 2.62. The lowest BCUT2D eigenvalue weighted by molar-refractivity contribution is 0.634. The van der Waals surface area contributed by atoms with Gasteiger partial charge in [0.25, 0.3) is 0 Å². The third kappa shape index (κ3) is 3.47. The summed E-state index contributed by atoms with van der Waals surface area (Å²) in [4.78, 5) is 0. The number of rotatable bonds is 3. The number of hydrogen-bond acceptors (Lipinski definition) is 0. The molecule has 0 fully saturated rings. The molecule has 0 saturated heterocycles. The minimum Gasteiger partial charge on any atom is -0.312 e. The fourth-order valence-electron chi connectivity index (χ4n) is 7.72. The van der Waals surface area contributed by atoms with E-state index in [4.69, 9.17) is 0 Å². The van der Waals surface area contributed by atoms with E-state index in [1.165, 1.54) is 66.8 Å². The Morgan fingerprint density at radius 2 is 1.73 bits per heavy atom. The zero-order valence-electron chi connectivity index (χ0n) is 23.9. The van der Waals surface area contributed by atoms with Gasteiger partial charge >= 0.3 is 0 Å². The van der Waals surface area contributed by atoms with Crippen LogP contribution in [0.2, 0.25) is 0 Å². The van der Waals surface area contributed by atoms with Crippen LogP contribution in [0.5, 0.6) is 0 Å². The zero-order chi connectivity index (χ0) is 27.3. The summed E-state index contributed by atoms with van der Waals surface area (Å²) >= 11 is 0. The maximum absolute atomic E-state index is 2.62. The van der Waals surface area contributed by atoms with Crippen molar-refractivity contribution in [1.29, 1.82) is 0 Å². The normalized spacial score (nSPS) is 21.3. The number of aromatic nitrogens is 1. The monoisotopic (exact) mass is 519 g/mol. The van der Waals surface area contributed by atoms with Crippen LogP contribution in [0, 0.1) is 6.92 Å². The Bertz CT molecular complexity index is 1800. The topological polar surface area (TPSA) is 4.93 Å². The average molecular weight is 520 g/mol. The van der Waals surface area contributed by atoms with E-state index in [1.807, 2.05) is 0 Å². The zero-order valence-corrected chi connectivity index (χ0v) is 23.9. The molecular formula is C39H37N. The van der Waals surface area contributed by atoms with Gasteiger partial charge in [-0.25, -0.2) is 0 Å². The molecule has 3 aliphatic carbocycles. The molecule has 4 aromatic rings. The number of aryl methyl sites for hydroxylation is 1. The Morgan fingerprint density at radius 1 is 0.900 bits per heavy atom. The molecule has 1 spiro atoms. The molecule has 198 valence electrons. The van der Waals surface area contributed by atoms with Gasteiger partial charge in [0, 0.05) is 27.7 Å². The van der Waals surface area contributed by atoms with Crippen molar-refractivity contribution in [2.24, 2.45) is 0 Å². The van der Waals surface area contributed by atoms with Crippen LogP contribution >= 0.6 is 0 Å². The van der Waals surface area contributed by atoms with Gasteiger partial charge in [0.1, 0.15) is 0 Å². The van der Waals surface area contributed by atoms with Crippen LogP contribution in [-0.2, 0) is 18.3 Å². The fraction of sp³-hybridized carbons (Fsp3) is 0.231. The summed E-state index contributed by atoms with van der Waals surface area (Å²) < 4.78 is 2.62. The van der Waals surface area contributed by atoms with Gasteiger partial charge in [0.15, 0.2) is 0 Å². The van der Waals surface area contributed by atoms with E-state index in [2.05, 4.69) is 135 Å². The molecule has 0 N–H and O–H groups in total. The lowest BCUT2D eigenvalue weighted by atomic mass is 9.67. The van der Waals surface area contributed by atoms with E-state index in [-0.39, 0.29) is 5.41 Å². The number of benzene rings is 3. The van der Waals surface area contributed by atoms with Crippen LogP contribution in [0.1, 0.15) is 72.2 Å². The van der Waals surface area contributed by atoms with Crippen LogP contribution in [-0.4, -0.2) is 4.57 Å². The molecular weight excluding hydrogens is 482 g/mol. The Hall–Kier alpha value is -4.10. The Balaban J connectivity index is 1.66. The first-order valence-electron chi connectivity index (χ1n) is 14.9. The van der Waals surface area contributed by atoms with Gasteiger partial charge in [0.05, 0.1) is 5.52 Å². The highest BCUT2D eigenvalue weighted by molar-refractivity contribution is 5.97. The van der Waals surface area contributed by atoms with Crippen LogP contribution < -0.4 is 0 Å². The van der Waals surface area contributed by atoms with E-state index in [0.717, 1.165) is 32.1 Å². The smallest absolute Gasteiger partial charge is 0.0576 e. The molecule has 0 saturated carbocycles. The van der Waals surface area contributed by atoms with Crippen LogP contribution in [0.4, 0.5) is 0 Å². The summed E-state index contributed by atoms with van der Waals surface area (Å²) in [6.45, 7) is 6.73. The van der Waals surface area contributed by atoms with E-state index in [1.54, 1.807) is 0 Å². The minimum absolute atomic E-state index is 0.225. The molecule has 3 aromatic carbocycles. The van der Waals surface area contributed by atoms with E-state index < -0.39 is 0 Å². The number of fused-ring (bicyclic) bond motifs is 8. The average Bonchev–Trinajstić information content (AvgIpc) is 3.48. The van der Waals surface area contributed by atoms with Crippen molar-refractivity contribution in [3.63, 3.8) is 0 Å². The van der Waals surface area contributed by atoms with Crippen molar-refractivity contribution in [2.45, 2.75) is 58.3 Å². The maximum Gasteiger partial charge on any atom is 0.0576 e. The number of para-hydroxylation sites is 1. The first kappa shape index (κ1) is 24.9. The molecule has 1 nitrogen and oxygen atoms in total. The highest BCUT2D eigenvalue weighted by atomic mass is 15.0. The molecule has 7 rings (SSSR count). The summed E-state index contributed by atoms with van der Waals surface area (Å²) in [5.74, 6) is 0. The van der Waals surface area contributed by atoms with E-state index in [0.29, 0.717) is 0 Å². The summed E-state index contributed by atoms with van der Waals surface area (Å²) in [7, 11) is 0. The number of allylic oxidation sites excluding steroid dienone is 9.